The molecular weight excluding hydrogens is 697 g/mol. The molecule has 0 heterocycles. The van der Waals surface area contributed by atoms with E-state index >= 15 is 0 Å². The van der Waals surface area contributed by atoms with Crippen LogP contribution in [0.2, 0.25) is 0 Å². The third-order valence-corrected chi connectivity index (χ3v) is 9.32. The monoisotopic (exact) mass is 760 g/mol. The van der Waals surface area contributed by atoms with Crippen LogP contribution in [-0.2, 0) is 9.59 Å². The number of hydrogen-bond acceptors (Lipinski definition) is 6. The molecule has 0 aliphatic heterocycles. The second-order valence-corrected chi connectivity index (χ2v) is 13.9. The number of carbonyl (C=O) groups excluding carboxylic acids is 2. The third kappa shape index (κ3) is 19.0. The Kier molecular flexibility index (Phi) is 22.9. The molecular formula is C50H64O6. The first kappa shape index (κ1) is 45.3. The summed E-state index contributed by atoms with van der Waals surface area (Å²) in [6.45, 7) is 13.5. The molecule has 56 heavy (non-hydrogen) atoms. The second-order valence-electron chi connectivity index (χ2n) is 13.9. The van der Waals surface area contributed by atoms with Crippen LogP contribution < -0.4 is 18.9 Å². The molecule has 0 radical (unpaired) electrons. The van der Waals surface area contributed by atoms with E-state index in [2.05, 4.69) is 51.3 Å². The van der Waals surface area contributed by atoms with Gasteiger partial charge in [-0.25, -0.2) is 4.79 Å². The van der Waals surface area contributed by atoms with Gasteiger partial charge in [-0.1, -0.05) is 140 Å². The van der Waals surface area contributed by atoms with Crippen LogP contribution in [0.1, 0.15) is 110 Å². The molecule has 6 nitrogen and oxygen atoms in total. The lowest BCUT2D eigenvalue weighted by Gasteiger charge is -2.09. The van der Waals surface area contributed by atoms with Gasteiger partial charge in [0.15, 0.2) is 5.78 Å². The predicted octanol–water partition coefficient (Wildman–Crippen LogP) is 13.6. The summed E-state index contributed by atoms with van der Waals surface area (Å²) >= 11 is 0. The molecule has 0 fully saturated rings. The Balaban J connectivity index is 0.000000303. The molecule has 0 aromatic heterocycles. The molecule has 0 spiro atoms. The van der Waals surface area contributed by atoms with Gasteiger partial charge < -0.3 is 18.9 Å². The van der Waals surface area contributed by atoms with Crippen molar-refractivity contribution in [2.24, 2.45) is 0 Å². The van der Waals surface area contributed by atoms with E-state index in [1.807, 2.05) is 60.7 Å². The normalized spacial score (nSPS) is 10.5. The Morgan fingerprint density at radius 3 is 1.09 bits per heavy atom. The molecule has 300 valence electrons. The Morgan fingerprint density at radius 2 is 0.750 bits per heavy atom. The SMILES string of the molecule is C=CC(=O)CCCCOc1ccc(-c2ccc(OCCCCCCCC)cc2)cc1.C=CC(=O)Oc1ccc(-c2ccc(OCCCCCCCC)cc2)cc1. The fourth-order valence-electron chi connectivity index (χ4n) is 5.94. The van der Waals surface area contributed by atoms with Gasteiger partial charge in [0, 0.05) is 12.5 Å². The summed E-state index contributed by atoms with van der Waals surface area (Å²) < 4.78 is 22.5. The molecule has 0 saturated heterocycles. The van der Waals surface area contributed by atoms with Crippen LogP contribution in [0.3, 0.4) is 0 Å². The number of carbonyl (C=O) groups is 2. The standard InChI is InChI=1S/C27H36O3.C23H28O3/c1-3-5-6-7-8-10-21-29-26-17-13-23(14-18-26)24-15-19-27(20-16-24)30-22-11-9-12-25(28)4-2;1-3-5-6-7-8-9-18-25-21-14-10-19(11-15-21)20-12-16-22(17-13-20)26-23(24)4-2/h4,13-20H,2-3,5-12,21-22H2,1H3;4,10-17H,2-3,5-9,18H2,1H3. The van der Waals surface area contributed by atoms with Gasteiger partial charge in [0.25, 0.3) is 0 Å². The van der Waals surface area contributed by atoms with Gasteiger partial charge in [0.1, 0.15) is 23.0 Å². The number of esters is 1. The average Bonchev–Trinajstić information content (AvgIpc) is 3.24. The quantitative estimate of drug-likeness (QED) is 0.0261. The lowest BCUT2D eigenvalue weighted by atomic mass is 10.1. The Morgan fingerprint density at radius 1 is 0.429 bits per heavy atom. The second kappa shape index (κ2) is 28.3. The van der Waals surface area contributed by atoms with Gasteiger partial charge in [-0.05, 0) is 103 Å². The van der Waals surface area contributed by atoms with Crippen molar-refractivity contribution in [1.29, 1.82) is 0 Å². The first-order chi connectivity index (χ1) is 27.4. The van der Waals surface area contributed by atoms with Crippen LogP contribution in [-0.4, -0.2) is 31.6 Å². The fraction of sp³-hybridized carbons (Fsp3) is 0.400. The summed E-state index contributed by atoms with van der Waals surface area (Å²) in [6.07, 6.45) is 20.0. The van der Waals surface area contributed by atoms with E-state index in [0.717, 1.165) is 84.5 Å². The van der Waals surface area contributed by atoms with Gasteiger partial charge >= 0.3 is 5.97 Å². The smallest absolute Gasteiger partial charge is 0.335 e. The predicted molar refractivity (Wildman–Crippen MR) is 232 cm³/mol. The number of hydrogen-bond donors (Lipinski definition) is 0. The molecule has 4 rings (SSSR count). The van der Waals surface area contributed by atoms with Gasteiger partial charge in [0.2, 0.25) is 0 Å². The van der Waals surface area contributed by atoms with E-state index in [0.29, 0.717) is 18.8 Å². The van der Waals surface area contributed by atoms with Crippen molar-refractivity contribution >= 4 is 11.8 Å². The maximum atomic E-state index is 11.2. The summed E-state index contributed by atoms with van der Waals surface area (Å²) in [5.74, 6) is 2.84. The Labute approximate surface area is 336 Å². The van der Waals surface area contributed by atoms with E-state index in [1.54, 1.807) is 12.1 Å². The van der Waals surface area contributed by atoms with Gasteiger partial charge in [-0.2, -0.15) is 0 Å². The molecule has 0 atom stereocenters. The van der Waals surface area contributed by atoms with E-state index in [9.17, 15) is 9.59 Å². The topological polar surface area (TPSA) is 71.1 Å². The van der Waals surface area contributed by atoms with Crippen molar-refractivity contribution in [3.63, 3.8) is 0 Å². The number of benzene rings is 4. The van der Waals surface area contributed by atoms with Crippen molar-refractivity contribution in [1.82, 2.24) is 0 Å². The van der Waals surface area contributed by atoms with Crippen molar-refractivity contribution in [3.8, 4) is 45.3 Å². The van der Waals surface area contributed by atoms with Crippen LogP contribution in [0.4, 0.5) is 0 Å². The van der Waals surface area contributed by atoms with E-state index in [4.69, 9.17) is 18.9 Å². The van der Waals surface area contributed by atoms with Crippen molar-refractivity contribution < 1.29 is 28.5 Å². The number of ether oxygens (including phenoxy) is 4. The summed E-state index contributed by atoms with van der Waals surface area (Å²) in [7, 11) is 0. The summed E-state index contributed by atoms with van der Waals surface area (Å²) in [5.41, 5.74) is 4.47. The summed E-state index contributed by atoms with van der Waals surface area (Å²) in [5, 5.41) is 0. The van der Waals surface area contributed by atoms with Crippen LogP contribution in [0.15, 0.2) is 122 Å². The number of allylic oxidation sites excluding steroid dienone is 1. The molecule has 0 aliphatic rings. The maximum absolute atomic E-state index is 11.2. The Hall–Kier alpha value is -5.10. The zero-order valence-electron chi connectivity index (χ0n) is 34.0. The van der Waals surface area contributed by atoms with E-state index in [1.165, 1.54) is 70.3 Å². The molecule has 4 aromatic rings. The summed E-state index contributed by atoms with van der Waals surface area (Å²) in [4.78, 5) is 22.4. The van der Waals surface area contributed by atoms with Crippen LogP contribution in [0.25, 0.3) is 22.3 Å². The fourth-order valence-corrected chi connectivity index (χ4v) is 5.94. The van der Waals surface area contributed by atoms with Crippen molar-refractivity contribution in [2.75, 3.05) is 19.8 Å². The number of unbranched alkanes of at least 4 members (excludes halogenated alkanes) is 11. The van der Waals surface area contributed by atoms with Crippen LogP contribution in [0, 0.1) is 0 Å². The molecule has 0 unspecified atom stereocenters. The van der Waals surface area contributed by atoms with Crippen LogP contribution >= 0.6 is 0 Å². The zero-order chi connectivity index (χ0) is 40.1. The molecule has 4 aromatic carbocycles. The number of rotatable bonds is 27. The molecule has 0 bridgehead atoms. The maximum Gasteiger partial charge on any atom is 0.335 e. The molecule has 6 heteroatoms. The van der Waals surface area contributed by atoms with Gasteiger partial charge in [0.05, 0.1) is 19.8 Å². The van der Waals surface area contributed by atoms with E-state index < -0.39 is 5.97 Å². The Bertz CT molecular complexity index is 1660. The highest BCUT2D eigenvalue weighted by Crippen LogP contribution is 2.26. The minimum atomic E-state index is -0.454. The molecule has 0 N–H and O–H groups in total. The largest absolute Gasteiger partial charge is 0.494 e. The van der Waals surface area contributed by atoms with Crippen molar-refractivity contribution in [2.45, 2.75) is 110 Å². The third-order valence-electron chi connectivity index (χ3n) is 9.32. The first-order valence-corrected chi connectivity index (χ1v) is 20.7. The van der Waals surface area contributed by atoms with Gasteiger partial charge in [-0.3, -0.25) is 4.79 Å². The highest BCUT2D eigenvalue weighted by atomic mass is 16.5. The highest BCUT2D eigenvalue weighted by Gasteiger charge is 2.04. The summed E-state index contributed by atoms with van der Waals surface area (Å²) in [6, 6.07) is 31.9. The molecule has 0 saturated carbocycles. The van der Waals surface area contributed by atoms with Crippen LogP contribution in [0.5, 0.6) is 23.0 Å². The minimum Gasteiger partial charge on any atom is -0.494 e. The average molecular weight is 761 g/mol. The van der Waals surface area contributed by atoms with E-state index in [-0.39, 0.29) is 5.78 Å². The first-order valence-electron chi connectivity index (χ1n) is 20.7. The highest BCUT2D eigenvalue weighted by molar-refractivity contribution is 5.88. The zero-order valence-corrected chi connectivity index (χ0v) is 34.0. The van der Waals surface area contributed by atoms with Gasteiger partial charge in [-0.15, -0.1) is 0 Å². The van der Waals surface area contributed by atoms with Crippen molar-refractivity contribution in [3.05, 3.63) is 122 Å². The lowest BCUT2D eigenvalue weighted by molar-refractivity contribution is -0.129. The molecule has 0 aliphatic carbocycles. The minimum absolute atomic E-state index is 0.0955. The molecule has 0 amide bonds. The number of ketones is 1. The lowest BCUT2D eigenvalue weighted by Crippen LogP contribution is -2.02.